The lowest BCUT2D eigenvalue weighted by atomic mass is 10.2. The molecule has 1 amide bonds. The van der Waals surface area contributed by atoms with E-state index in [4.69, 9.17) is 4.42 Å². The Hall–Kier alpha value is -3.29. The number of carbonyl (C=O) groups excluding carboxylic acids is 1. The van der Waals surface area contributed by atoms with Crippen molar-refractivity contribution in [2.75, 3.05) is 18.9 Å². The van der Waals surface area contributed by atoms with Crippen molar-refractivity contribution in [3.63, 3.8) is 0 Å². The molecule has 0 saturated heterocycles. The standard InChI is InChI=1S/C17H18N6O2/c1-11-15(25-10-21-11)17(24)20-8-5-13-9-14(18-2)23-16(22-13)12-3-6-19-7-4-12/h3-4,6-7,9-10H,5,8H2,1-2H3,(H,20,24)(H,18,22,23). The van der Waals surface area contributed by atoms with E-state index in [-0.39, 0.29) is 11.7 Å². The smallest absolute Gasteiger partial charge is 0.289 e. The molecule has 0 aliphatic rings. The van der Waals surface area contributed by atoms with Gasteiger partial charge in [-0.05, 0) is 19.1 Å². The quantitative estimate of drug-likeness (QED) is 0.706. The third-order valence-electron chi connectivity index (χ3n) is 3.59. The van der Waals surface area contributed by atoms with Crippen molar-refractivity contribution in [1.29, 1.82) is 0 Å². The number of hydrogen-bond donors (Lipinski definition) is 2. The van der Waals surface area contributed by atoms with Crippen LogP contribution in [0.25, 0.3) is 11.4 Å². The number of carbonyl (C=O) groups is 1. The zero-order valence-corrected chi connectivity index (χ0v) is 14.0. The second kappa shape index (κ2) is 7.52. The first-order valence-electron chi connectivity index (χ1n) is 7.82. The van der Waals surface area contributed by atoms with Crippen molar-refractivity contribution in [3.8, 4) is 11.4 Å². The Labute approximate surface area is 144 Å². The van der Waals surface area contributed by atoms with E-state index < -0.39 is 0 Å². The lowest BCUT2D eigenvalue weighted by molar-refractivity contribution is 0.0925. The second-order valence-corrected chi connectivity index (χ2v) is 5.33. The van der Waals surface area contributed by atoms with Crippen LogP contribution in [0.15, 0.2) is 41.4 Å². The molecule has 8 heteroatoms. The molecular formula is C17H18N6O2. The molecule has 0 unspecified atom stereocenters. The molecule has 0 saturated carbocycles. The minimum absolute atomic E-state index is 0.232. The van der Waals surface area contributed by atoms with E-state index >= 15 is 0 Å². The predicted molar refractivity (Wildman–Crippen MR) is 92.1 cm³/mol. The lowest BCUT2D eigenvalue weighted by Gasteiger charge is -2.08. The molecule has 3 heterocycles. The molecule has 0 atom stereocenters. The van der Waals surface area contributed by atoms with Gasteiger partial charge in [0.05, 0.1) is 5.69 Å². The number of nitrogens with zero attached hydrogens (tertiary/aromatic N) is 4. The van der Waals surface area contributed by atoms with Crippen LogP contribution in [0, 0.1) is 6.92 Å². The van der Waals surface area contributed by atoms with Crippen molar-refractivity contribution in [2.45, 2.75) is 13.3 Å². The summed E-state index contributed by atoms with van der Waals surface area (Å²) >= 11 is 0. The van der Waals surface area contributed by atoms with Crippen LogP contribution in [0.4, 0.5) is 5.82 Å². The number of pyridine rings is 1. The SMILES string of the molecule is CNc1cc(CCNC(=O)c2ocnc2C)nc(-c2ccncc2)n1. The predicted octanol–water partition coefficient (Wildman–Crippen LogP) is 1.85. The maximum absolute atomic E-state index is 12.0. The van der Waals surface area contributed by atoms with Gasteiger partial charge in [0, 0.05) is 49.7 Å². The molecule has 0 aliphatic carbocycles. The first-order valence-corrected chi connectivity index (χ1v) is 7.82. The third-order valence-corrected chi connectivity index (χ3v) is 3.59. The Bertz CT molecular complexity index is 863. The number of oxazole rings is 1. The first kappa shape index (κ1) is 16.6. The molecule has 25 heavy (non-hydrogen) atoms. The van der Waals surface area contributed by atoms with E-state index in [1.165, 1.54) is 6.39 Å². The lowest BCUT2D eigenvalue weighted by Crippen LogP contribution is -2.26. The Kier molecular flexibility index (Phi) is 4.98. The van der Waals surface area contributed by atoms with Crippen molar-refractivity contribution >= 4 is 11.7 Å². The molecule has 0 bridgehead atoms. The fourth-order valence-corrected chi connectivity index (χ4v) is 2.29. The van der Waals surface area contributed by atoms with Gasteiger partial charge in [-0.2, -0.15) is 0 Å². The highest BCUT2D eigenvalue weighted by atomic mass is 16.3. The number of amides is 1. The van der Waals surface area contributed by atoms with E-state index in [0.29, 0.717) is 30.3 Å². The second-order valence-electron chi connectivity index (χ2n) is 5.33. The number of nitrogens with one attached hydrogen (secondary N) is 2. The average molecular weight is 338 g/mol. The molecule has 128 valence electrons. The summed E-state index contributed by atoms with van der Waals surface area (Å²) in [5.41, 5.74) is 2.27. The largest absolute Gasteiger partial charge is 0.438 e. The van der Waals surface area contributed by atoms with Gasteiger partial charge in [-0.3, -0.25) is 9.78 Å². The Morgan fingerprint density at radius 2 is 2.04 bits per heavy atom. The number of aromatic nitrogens is 4. The molecule has 3 aromatic heterocycles. The zero-order valence-electron chi connectivity index (χ0n) is 14.0. The van der Waals surface area contributed by atoms with Crippen molar-refractivity contribution in [1.82, 2.24) is 25.3 Å². The average Bonchev–Trinajstić information content (AvgIpc) is 3.08. The van der Waals surface area contributed by atoms with E-state index in [1.807, 2.05) is 18.2 Å². The van der Waals surface area contributed by atoms with Crippen molar-refractivity contribution < 1.29 is 9.21 Å². The van der Waals surface area contributed by atoms with Crippen LogP contribution in [0.3, 0.4) is 0 Å². The summed E-state index contributed by atoms with van der Waals surface area (Å²) < 4.78 is 5.08. The summed E-state index contributed by atoms with van der Waals surface area (Å²) in [6.45, 7) is 2.15. The van der Waals surface area contributed by atoms with Crippen LogP contribution < -0.4 is 10.6 Å². The maximum Gasteiger partial charge on any atom is 0.289 e. The van der Waals surface area contributed by atoms with Crippen LogP contribution in [-0.4, -0.2) is 39.4 Å². The van der Waals surface area contributed by atoms with Gasteiger partial charge >= 0.3 is 0 Å². The Balaban J connectivity index is 1.70. The van der Waals surface area contributed by atoms with E-state index in [9.17, 15) is 4.79 Å². The summed E-state index contributed by atoms with van der Waals surface area (Å²) in [7, 11) is 1.80. The molecule has 2 N–H and O–H groups in total. The highest BCUT2D eigenvalue weighted by Gasteiger charge is 2.13. The van der Waals surface area contributed by atoms with Gasteiger partial charge in [-0.1, -0.05) is 0 Å². The first-order chi connectivity index (χ1) is 12.2. The molecule has 0 aliphatic heterocycles. The number of anilines is 1. The van der Waals surface area contributed by atoms with Gasteiger partial charge in [0.25, 0.3) is 5.91 Å². The molecule has 3 aromatic rings. The molecular weight excluding hydrogens is 320 g/mol. The zero-order chi connectivity index (χ0) is 17.6. The Morgan fingerprint density at radius 1 is 1.24 bits per heavy atom. The number of rotatable bonds is 6. The van der Waals surface area contributed by atoms with E-state index in [1.54, 1.807) is 26.4 Å². The van der Waals surface area contributed by atoms with Gasteiger partial charge in [-0.15, -0.1) is 0 Å². The van der Waals surface area contributed by atoms with Crippen LogP contribution in [0.1, 0.15) is 21.9 Å². The van der Waals surface area contributed by atoms with E-state index in [2.05, 4.69) is 30.6 Å². The van der Waals surface area contributed by atoms with Gasteiger partial charge in [0.1, 0.15) is 5.82 Å². The van der Waals surface area contributed by atoms with Crippen molar-refractivity contribution in [2.24, 2.45) is 0 Å². The normalized spacial score (nSPS) is 10.5. The maximum atomic E-state index is 12.0. The minimum Gasteiger partial charge on any atom is -0.438 e. The van der Waals surface area contributed by atoms with Crippen LogP contribution >= 0.6 is 0 Å². The number of aryl methyl sites for hydroxylation is 1. The fourth-order valence-electron chi connectivity index (χ4n) is 2.29. The molecule has 0 radical (unpaired) electrons. The van der Waals surface area contributed by atoms with Crippen LogP contribution in [0.2, 0.25) is 0 Å². The summed E-state index contributed by atoms with van der Waals surface area (Å²) in [6, 6.07) is 5.57. The third kappa shape index (κ3) is 3.97. The summed E-state index contributed by atoms with van der Waals surface area (Å²) in [6.07, 6.45) is 5.22. The summed E-state index contributed by atoms with van der Waals surface area (Å²) in [4.78, 5) is 29.0. The van der Waals surface area contributed by atoms with Gasteiger partial charge < -0.3 is 15.1 Å². The molecule has 8 nitrogen and oxygen atoms in total. The topological polar surface area (TPSA) is 106 Å². The van der Waals surface area contributed by atoms with Crippen LogP contribution in [0.5, 0.6) is 0 Å². The van der Waals surface area contributed by atoms with Gasteiger partial charge in [0.15, 0.2) is 12.2 Å². The summed E-state index contributed by atoms with van der Waals surface area (Å²) in [5, 5.41) is 5.84. The molecule has 3 rings (SSSR count). The molecule has 0 spiro atoms. The van der Waals surface area contributed by atoms with E-state index in [0.717, 1.165) is 11.3 Å². The van der Waals surface area contributed by atoms with Crippen molar-refractivity contribution in [3.05, 3.63) is 54.1 Å². The molecule has 0 aromatic carbocycles. The van der Waals surface area contributed by atoms with Crippen LogP contribution in [-0.2, 0) is 6.42 Å². The highest BCUT2D eigenvalue weighted by molar-refractivity contribution is 5.92. The molecule has 0 fully saturated rings. The Morgan fingerprint density at radius 3 is 2.72 bits per heavy atom. The minimum atomic E-state index is -0.285. The monoisotopic (exact) mass is 338 g/mol. The highest BCUT2D eigenvalue weighted by Crippen LogP contribution is 2.17. The summed E-state index contributed by atoms with van der Waals surface area (Å²) in [5.74, 6) is 1.28. The fraction of sp³-hybridized carbons (Fsp3) is 0.235. The van der Waals surface area contributed by atoms with Gasteiger partial charge in [-0.25, -0.2) is 15.0 Å². The number of hydrogen-bond acceptors (Lipinski definition) is 7. The van der Waals surface area contributed by atoms with Gasteiger partial charge in [0.2, 0.25) is 5.76 Å².